The first-order valence-corrected chi connectivity index (χ1v) is 16.3. The Morgan fingerprint density at radius 1 is 0.826 bits per heavy atom. The number of hydrogen-bond acceptors (Lipinski definition) is 6. The summed E-state index contributed by atoms with van der Waals surface area (Å²) in [5.74, 6) is -1.05. The minimum Gasteiger partial charge on any atom is -0.493 e. The Labute approximate surface area is 269 Å². The van der Waals surface area contributed by atoms with Gasteiger partial charge in [-0.3, -0.25) is 13.9 Å². The van der Waals surface area contributed by atoms with E-state index >= 15 is 0 Å². The number of ether oxygens (including phenoxy) is 2. The van der Waals surface area contributed by atoms with Crippen molar-refractivity contribution in [3.05, 3.63) is 120 Å². The van der Waals surface area contributed by atoms with Crippen molar-refractivity contribution in [3.8, 4) is 11.5 Å². The third-order valence-electron chi connectivity index (χ3n) is 7.35. The third kappa shape index (κ3) is 8.42. The van der Waals surface area contributed by atoms with E-state index in [1.807, 2.05) is 67.6 Å². The lowest BCUT2D eigenvalue weighted by Gasteiger charge is -2.34. The average Bonchev–Trinajstić information content (AvgIpc) is 3.08. The van der Waals surface area contributed by atoms with Crippen LogP contribution < -0.4 is 19.1 Å². The molecule has 4 aromatic rings. The summed E-state index contributed by atoms with van der Waals surface area (Å²) in [4.78, 5) is 29.4. The first kappa shape index (κ1) is 34.0. The van der Waals surface area contributed by atoms with Gasteiger partial charge >= 0.3 is 0 Å². The number of hydrogen-bond donors (Lipinski definition) is 1. The molecular weight excluding hydrogens is 609 g/mol. The lowest BCUT2D eigenvalue weighted by molar-refractivity contribution is -0.140. The number of carbonyl (C=O) groups is 2. The summed E-state index contributed by atoms with van der Waals surface area (Å²) in [6, 6.07) is 26.4. The van der Waals surface area contributed by atoms with E-state index in [2.05, 4.69) is 5.32 Å². The molecule has 0 radical (unpaired) electrons. The number of nitrogens with zero attached hydrogens (tertiary/aromatic N) is 2. The first-order valence-electron chi connectivity index (χ1n) is 14.8. The van der Waals surface area contributed by atoms with Crippen molar-refractivity contribution < 1.29 is 31.9 Å². The highest BCUT2D eigenvalue weighted by molar-refractivity contribution is 7.92. The maximum absolute atomic E-state index is 14.4. The molecule has 0 aliphatic rings. The highest BCUT2D eigenvalue weighted by atomic mass is 32.2. The molecule has 242 valence electrons. The zero-order valence-electron chi connectivity index (χ0n) is 26.1. The number of amides is 2. The number of sulfonamides is 1. The Kier molecular flexibility index (Phi) is 11.7. The topological polar surface area (TPSA) is 105 Å². The molecular formula is C35H38FN3O6S. The van der Waals surface area contributed by atoms with Crippen molar-refractivity contribution >= 4 is 27.5 Å². The molecule has 0 saturated carbocycles. The van der Waals surface area contributed by atoms with Crippen LogP contribution >= 0.6 is 0 Å². The number of rotatable bonds is 15. The molecule has 0 bridgehead atoms. The highest BCUT2D eigenvalue weighted by Gasteiger charge is 2.35. The van der Waals surface area contributed by atoms with Crippen molar-refractivity contribution in [1.29, 1.82) is 0 Å². The number of benzene rings is 4. The van der Waals surface area contributed by atoms with Gasteiger partial charge in [-0.15, -0.1) is 0 Å². The number of carbonyl (C=O) groups excluding carboxylic acids is 2. The molecule has 9 nitrogen and oxygen atoms in total. The summed E-state index contributed by atoms with van der Waals surface area (Å²) in [6.45, 7) is 1.72. The summed E-state index contributed by atoms with van der Waals surface area (Å²) >= 11 is 0. The molecule has 0 unspecified atom stereocenters. The van der Waals surface area contributed by atoms with Crippen molar-refractivity contribution in [2.45, 2.75) is 37.2 Å². The Morgan fingerprint density at radius 3 is 2.02 bits per heavy atom. The number of nitrogens with one attached hydrogen (secondary N) is 1. The zero-order chi connectivity index (χ0) is 33.1. The third-order valence-corrected chi connectivity index (χ3v) is 9.12. The van der Waals surface area contributed by atoms with Gasteiger partial charge < -0.3 is 19.7 Å². The molecule has 0 saturated heterocycles. The predicted octanol–water partition coefficient (Wildman–Crippen LogP) is 5.20. The van der Waals surface area contributed by atoms with Gasteiger partial charge in [0.05, 0.1) is 24.8 Å². The van der Waals surface area contributed by atoms with Gasteiger partial charge in [-0.2, -0.15) is 0 Å². The minimum atomic E-state index is -4.42. The predicted molar refractivity (Wildman–Crippen MR) is 175 cm³/mol. The molecule has 0 aliphatic heterocycles. The van der Waals surface area contributed by atoms with Crippen LogP contribution in [0.15, 0.2) is 108 Å². The summed E-state index contributed by atoms with van der Waals surface area (Å²) in [7, 11) is -1.61. The summed E-state index contributed by atoms with van der Waals surface area (Å²) in [5, 5.41) is 2.91. The Morgan fingerprint density at radius 2 is 1.43 bits per heavy atom. The van der Waals surface area contributed by atoms with Crippen LogP contribution in [-0.4, -0.2) is 58.5 Å². The quantitative estimate of drug-likeness (QED) is 0.190. The lowest BCUT2D eigenvalue weighted by Crippen LogP contribution is -2.53. The second-order valence-electron chi connectivity index (χ2n) is 10.5. The second-order valence-corrected chi connectivity index (χ2v) is 12.4. The lowest BCUT2D eigenvalue weighted by atomic mass is 10.0. The van der Waals surface area contributed by atoms with Gasteiger partial charge in [0.15, 0.2) is 11.5 Å². The van der Waals surface area contributed by atoms with Gasteiger partial charge in [0.2, 0.25) is 11.8 Å². The number of halogens is 1. The number of anilines is 1. The van der Waals surface area contributed by atoms with Crippen LogP contribution in [0, 0.1) is 5.82 Å². The molecule has 0 spiro atoms. The molecule has 1 atom stereocenters. The van der Waals surface area contributed by atoms with E-state index in [1.54, 1.807) is 0 Å². The van der Waals surface area contributed by atoms with Crippen LogP contribution in [0.1, 0.15) is 24.5 Å². The molecule has 0 heterocycles. The van der Waals surface area contributed by atoms with Gasteiger partial charge in [-0.1, -0.05) is 67.6 Å². The van der Waals surface area contributed by atoms with E-state index in [9.17, 15) is 22.4 Å². The van der Waals surface area contributed by atoms with Crippen LogP contribution in [0.3, 0.4) is 0 Å². The monoisotopic (exact) mass is 647 g/mol. The van der Waals surface area contributed by atoms with Crippen LogP contribution in [0.4, 0.5) is 10.1 Å². The van der Waals surface area contributed by atoms with Gasteiger partial charge in [-0.25, -0.2) is 12.8 Å². The Bertz CT molecular complexity index is 1700. The smallest absolute Gasteiger partial charge is 0.264 e. The average molecular weight is 648 g/mol. The molecule has 1 N–H and O–H groups in total. The van der Waals surface area contributed by atoms with E-state index in [1.165, 1.54) is 49.5 Å². The normalized spacial score (nSPS) is 11.7. The van der Waals surface area contributed by atoms with Crippen molar-refractivity contribution in [3.63, 3.8) is 0 Å². The largest absolute Gasteiger partial charge is 0.493 e. The first-order chi connectivity index (χ1) is 22.2. The molecule has 0 aliphatic carbocycles. The van der Waals surface area contributed by atoms with Crippen molar-refractivity contribution in [2.75, 3.05) is 31.6 Å². The summed E-state index contributed by atoms with van der Waals surface area (Å²) < 4.78 is 53.9. The number of methoxy groups -OCH3 is 2. The van der Waals surface area contributed by atoms with Crippen molar-refractivity contribution in [2.24, 2.45) is 0 Å². The zero-order valence-corrected chi connectivity index (χ0v) is 26.9. The second kappa shape index (κ2) is 15.9. The Balaban J connectivity index is 1.80. The van der Waals surface area contributed by atoms with Crippen LogP contribution in [0.2, 0.25) is 0 Å². The van der Waals surface area contributed by atoms with Gasteiger partial charge in [0.1, 0.15) is 18.4 Å². The van der Waals surface area contributed by atoms with Crippen LogP contribution in [-0.2, 0) is 32.6 Å². The fourth-order valence-corrected chi connectivity index (χ4v) is 6.37. The maximum Gasteiger partial charge on any atom is 0.264 e. The van der Waals surface area contributed by atoms with E-state index < -0.39 is 34.3 Å². The Hall–Kier alpha value is -4.90. The van der Waals surface area contributed by atoms with E-state index in [0.29, 0.717) is 18.7 Å². The molecule has 0 fully saturated rings. The fourth-order valence-electron chi connectivity index (χ4n) is 4.94. The maximum atomic E-state index is 14.4. The molecule has 2 amide bonds. The molecule has 4 aromatic carbocycles. The van der Waals surface area contributed by atoms with Crippen LogP contribution in [0.5, 0.6) is 11.5 Å². The molecule has 4 rings (SSSR count). The van der Waals surface area contributed by atoms with E-state index in [-0.39, 0.29) is 35.2 Å². The summed E-state index contributed by atoms with van der Waals surface area (Å²) in [6.07, 6.45) is 0.895. The van der Waals surface area contributed by atoms with Gasteiger partial charge in [0.25, 0.3) is 10.0 Å². The standard InChI is InChI=1S/C35H38FN3O6S/c1-4-21-37-35(41)31(22-26-11-7-5-8-12-26)38(24-27-13-9-6-10-14-27)34(40)25-39(29-17-15-28(36)16-18-29)46(42,43)30-19-20-32(44-2)33(23-30)45-3/h5-20,23,31H,4,21-22,24-25H2,1-3H3,(H,37,41)/t31-/m0/s1. The molecule has 11 heteroatoms. The van der Waals surface area contributed by atoms with Crippen molar-refractivity contribution in [1.82, 2.24) is 10.2 Å². The molecule has 46 heavy (non-hydrogen) atoms. The van der Waals surface area contributed by atoms with E-state index in [4.69, 9.17) is 9.47 Å². The minimum absolute atomic E-state index is 0.0460. The van der Waals surface area contributed by atoms with Gasteiger partial charge in [-0.05, 0) is 53.9 Å². The highest BCUT2D eigenvalue weighted by Crippen LogP contribution is 2.32. The van der Waals surface area contributed by atoms with Crippen LogP contribution in [0.25, 0.3) is 0 Å². The summed E-state index contributed by atoms with van der Waals surface area (Å²) in [5.41, 5.74) is 1.66. The fraction of sp³-hybridized carbons (Fsp3) is 0.257. The SMILES string of the molecule is CCCNC(=O)[C@H](Cc1ccccc1)N(Cc1ccccc1)C(=O)CN(c1ccc(F)cc1)S(=O)(=O)c1ccc(OC)c(OC)c1. The van der Waals surface area contributed by atoms with E-state index in [0.717, 1.165) is 27.6 Å². The molecule has 0 aromatic heterocycles. The van der Waals surface area contributed by atoms with Gasteiger partial charge in [0, 0.05) is 25.6 Å².